The third kappa shape index (κ3) is 3.43. The van der Waals surface area contributed by atoms with Crippen molar-refractivity contribution in [3.63, 3.8) is 0 Å². The first-order valence-corrected chi connectivity index (χ1v) is 7.65. The fourth-order valence-electron chi connectivity index (χ4n) is 2.62. The molecule has 1 aliphatic rings. The molecule has 0 bridgehead atoms. The van der Waals surface area contributed by atoms with Crippen molar-refractivity contribution >= 4 is 29.1 Å². The van der Waals surface area contributed by atoms with Gasteiger partial charge in [-0.1, -0.05) is 23.7 Å². The van der Waals surface area contributed by atoms with E-state index >= 15 is 0 Å². The van der Waals surface area contributed by atoms with Gasteiger partial charge in [-0.2, -0.15) is 0 Å². The molecule has 0 aromatic heterocycles. The van der Waals surface area contributed by atoms with Crippen LogP contribution >= 0.6 is 23.2 Å². The van der Waals surface area contributed by atoms with Gasteiger partial charge < -0.3 is 4.90 Å². The van der Waals surface area contributed by atoms with Gasteiger partial charge in [0.15, 0.2) is 0 Å². The maximum Gasteiger partial charge on any atom is 0.255 e. The number of alkyl halides is 1. The Morgan fingerprint density at radius 3 is 3.00 bits per heavy atom. The predicted molar refractivity (Wildman–Crippen MR) is 80.2 cm³/mol. The highest BCUT2D eigenvalue weighted by Gasteiger charge is 2.25. The lowest BCUT2D eigenvalue weighted by atomic mass is 9.95. The molecule has 1 aromatic rings. The maximum atomic E-state index is 12.5. The number of hydrogen-bond donors (Lipinski definition) is 0. The molecule has 1 unspecified atom stereocenters. The molecule has 1 amide bonds. The van der Waals surface area contributed by atoms with Gasteiger partial charge in [0, 0.05) is 19.0 Å². The fourth-order valence-corrected chi connectivity index (χ4v) is 3.14. The minimum atomic E-state index is 0.0490. The van der Waals surface area contributed by atoms with Crippen LogP contribution in [0.1, 0.15) is 35.2 Å². The van der Waals surface area contributed by atoms with Gasteiger partial charge in [-0.15, -0.1) is 11.6 Å². The predicted octanol–water partition coefficient (Wildman–Crippen LogP) is 4.13. The third-order valence-electron chi connectivity index (χ3n) is 3.75. The summed E-state index contributed by atoms with van der Waals surface area (Å²) in [5.74, 6) is 1.24. The van der Waals surface area contributed by atoms with Crippen LogP contribution in [0.25, 0.3) is 0 Å². The summed E-state index contributed by atoms with van der Waals surface area (Å²) >= 11 is 12.0. The van der Waals surface area contributed by atoms with E-state index in [0.29, 0.717) is 22.4 Å². The zero-order chi connectivity index (χ0) is 13.8. The quantitative estimate of drug-likeness (QED) is 0.769. The average molecular weight is 300 g/mol. The van der Waals surface area contributed by atoms with Crippen LogP contribution in [-0.4, -0.2) is 29.8 Å². The van der Waals surface area contributed by atoms with Crippen molar-refractivity contribution in [3.8, 4) is 0 Å². The highest BCUT2D eigenvalue weighted by Crippen LogP contribution is 2.25. The molecule has 0 N–H and O–H groups in total. The highest BCUT2D eigenvalue weighted by molar-refractivity contribution is 6.34. The molecule has 1 heterocycles. The van der Waals surface area contributed by atoms with Crippen molar-refractivity contribution in [2.75, 3.05) is 19.0 Å². The van der Waals surface area contributed by atoms with E-state index in [1.807, 2.05) is 30.0 Å². The second-order valence-electron chi connectivity index (χ2n) is 5.17. The Morgan fingerprint density at radius 1 is 1.47 bits per heavy atom. The Hall–Kier alpha value is -0.730. The number of halogens is 2. The van der Waals surface area contributed by atoms with Crippen LogP contribution in [0.4, 0.5) is 0 Å². The molecule has 1 aliphatic heterocycles. The molecule has 1 fully saturated rings. The molecule has 0 spiro atoms. The smallest absolute Gasteiger partial charge is 0.255 e. The van der Waals surface area contributed by atoms with Crippen LogP contribution in [0.2, 0.25) is 5.02 Å². The van der Waals surface area contributed by atoms with Gasteiger partial charge in [0.05, 0.1) is 10.6 Å². The molecule has 1 atom stereocenters. The SMILES string of the molecule is Cc1cccc(C(=O)N2CCCC(CCCl)C2)c1Cl. The normalized spacial score (nSPS) is 19.5. The Kier molecular flexibility index (Phi) is 5.12. The third-order valence-corrected chi connectivity index (χ3v) is 4.47. The summed E-state index contributed by atoms with van der Waals surface area (Å²) in [7, 11) is 0. The van der Waals surface area contributed by atoms with Gasteiger partial charge in [-0.25, -0.2) is 0 Å². The number of hydrogen-bond acceptors (Lipinski definition) is 1. The van der Waals surface area contributed by atoms with Gasteiger partial charge in [-0.3, -0.25) is 4.79 Å². The lowest BCUT2D eigenvalue weighted by Crippen LogP contribution is -2.40. The lowest BCUT2D eigenvalue weighted by Gasteiger charge is -2.32. The van der Waals surface area contributed by atoms with Crippen LogP contribution in [0.5, 0.6) is 0 Å². The Morgan fingerprint density at radius 2 is 2.26 bits per heavy atom. The van der Waals surface area contributed by atoms with Gasteiger partial charge in [0.25, 0.3) is 5.91 Å². The zero-order valence-corrected chi connectivity index (χ0v) is 12.7. The van der Waals surface area contributed by atoms with E-state index in [1.54, 1.807) is 0 Å². The minimum Gasteiger partial charge on any atom is -0.338 e. The molecule has 0 saturated carbocycles. The average Bonchev–Trinajstić information content (AvgIpc) is 2.42. The van der Waals surface area contributed by atoms with Crippen molar-refractivity contribution in [3.05, 3.63) is 34.3 Å². The number of carbonyl (C=O) groups excluding carboxylic acids is 1. The molecule has 19 heavy (non-hydrogen) atoms. The molecule has 0 aliphatic carbocycles. The minimum absolute atomic E-state index is 0.0490. The van der Waals surface area contributed by atoms with Crippen LogP contribution in [0.3, 0.4) is 0 Å². The van der Waals surface area contributed by atoms with E-state index in [1.165, 1.54) is 0 Å². The van der Waals surface area contributed by atoms with E-state index in [0.717, 1.165) is 37.9 Å². The number of rotatable bonds is 3. The topological polar surface area (TPSA) is 20.3 Å². The van der Waals surface area contributed by atoms with Gasteiger partial charge >= 0.3 is 0 Å². The fraction of sp³-hybridized carbons (Fsp3) is 0.533. The van der Waals surface area contributed by atoms with Crippen LogP contribution in [-0.2, 0) is 0 Å². The first kappa shape index (κ1) is 14.7. The highest BCUT2D eigenvalue weighted by atomic mass is 35.5. The van der Waals surface area contributed by atoms with Crippen molar-refractivity contribution in [1.82, 2.24) is 4.90 Å². The van der Waals surface area contributed by atoms with Gasteiger partial charge in [-0.05, 0) is 43.7 Å². The van der Waals surface area contributed by atoms with E-state index in [9.17, 15) is 4.79 Å². The summed E-state index contributed by atoms with van der Waals surface area (Å²) < 4.78 is 0. The number of likely N-dealkylation sites (tertiary alicyclic amines) is 1. The summed E-state index contributed by atoms with van der Waals surface area (Å²) in [5, 5.41) is 0.576. The number of nitrogens with zero attached hydrogens (tertiary/aromatic N) is 1. The van der Waals surface area contributed by atoms with E-state index in [-0.39, 0.29) is 5.91 Å². The molecule has 104 valence electrons. The Balaban J connectivity index is 2.12. The zero-order valence-electron chi connectivity index (χ0n) is 11.2. The van der Waals surface area contributed by atoms with Crippen molar-refractivity contribution in [1.29, 1.82) is 0 Å². The van der Waals surface area contributed by atoms with E-state index in [4.69, 9.17) is 23.2 Å². The molecule has 2 rings (SSSR count). The largest absolute Gasteiger partial charge is 0.338 e. The summed E-state index contributed by atoms with van der Waals surface area (Å²) in [6.07, 6.45) is 3.20. The molecule has 4 heteroatoms. The summed E-state index contributed by atoms with van der Waals surface area (Å²) in [6.45, 7) is 3.54. The van der Waals surface area contributed by atoms with Crippen LogP contribution in [0, 0.1) is 12.8 Å². The first-order chi connectivity index (χ1) is 9.13. The standard InChI is InChI=1S/C15H19Cl2NO/c1-11-4-2-6-13(14(11)17)15(19)18-9-3-5-12(10-18)7-8-16/h2,4,6,12H,3,5,7-10H2,1H3. The maximum absolute atomic E-state index is 12.5. The number of amides is 1. The summed E-state index contributed by atoms with van der Waals surface area (Å²) in [5.41, 5.74) is 1.56. The molecule has 1 saturated heterocycles. The van der Waals surface area contributed by atoms with Crippen LogP contribution in [0.15, 0.2) is 18.2 Å². The molecular formula is C15H19Cl2NO. The monoisotopic (exact) mass is 299 g/mol. The van der Waals surface area contributed by atoms with Crippen molar-refractivity contribution < 1.29 is 4.79 Å². The number of piperidine rings is 1. The molecule has 2 nitrogen and oxygen atoms in total. The Labute approximate surface area is 124 Å². The van der Waals surface area contributed by atoms with Crippen molar-refractivity contribution in [2.24, 2.45) is 5.92 Å². The molecular weight excluding hydrogens is 281 g/mol. The summed E-state index contributed by atoms with van der Waals surface area (Å²) in [6, 6.07) is 5.61. The first-order valence-electron chi connectivity index (χ1n) is 6.74. The van der Waals surface area contributed by atoms with Crippen molar-refractivity contribution in [2.45, 2.75) is 26.2 Å². The molecule has 1 aromatic carbocycles. The number of benzene rings is 1. The second-order valence-corrected chi connectivity index (χ2v) is 5.93. The summed E-state index contributed by atoms with van der Waals surface area (Å²) in [4.78, 5) is 14.4. The van der Waals surface area contributed by atoms with Gasteiger partial charge in [0.2, 0.25) is 0 Å². The lowest BCUT2D eigenvalue weighted by molar-refractivity contribution is 0.0671. The van der Waals surface area contributed by atoms with E-state index in [2.05, 4.69) is 0 Å². The van der Waals surface area contributed by atoms with E-state index < -0.39 is 0 Å². The second kappa shape index (κ2) is 6.62. The van der Waals surface area contributed by atoms with Gasteiger partial charge in [0.1, 0.15) is 0 Å². The molecule has 0 radical (unpaired) electrons. The van der Waals surface area contributed by atoms with Crippen LogP contribution < -0.4 is 0 Å². The number of aryl methyl sites for hydroxylation is 1. The Bertz CT molecular complexity index is 459. The number of carbonyl (C=O) groups is 1.